The Morgan fingerprint density at radius 3 is 1.47 bits per heavy atom. The number of phosphoric acid groups is 1. The normalized spacial score (nSPS) is 22.8. The van der Waals surface area contributed by atoms with Crippen LogP contribution in [0.25, 0.3) is 0 Å². The van der Waals surface area contributed by atoms with E-state index in [9.17, 15) is 44.6 Å². The van der Waals surface area contributed by atoms with E-state index < -0.39 is 75.7 Å². The molecule has 1 fully saturated rings. The molecule has 6 unspecified atom stereocenters. The lowest BCUT2D eigenvalue weighted by Gasteiger charge is -2.41. The standard InChI is InChI=1S/C45H79O13P/c1-3-5-7-9-11-13-15-17-19-21-23-25-27-29-31-33-38(46)55-35-37(36-56-59(53,54)58-45-43(51)41(49)40(48)42(50)44(45)52)57-39(47)34-32-30-28-26-24-22-20-18-16-14-12-10-8-6-4-2/h12,14,17-20,24,26,37,40-45,48-52H,3-11,13,15-16,21-23,25,27-36H2,1-2H3,(H,53,54). The van der Waals surface area contributed by atoms with Crippen molar-refractivity contribution >= 4 is 19.8 Å². The summed E-state index contributed by atoms with van der Waals surface area (Å²) in [7, 11) is -5.13. The molecule has 0 bridgehead atoms. The molecule has 59 heavy (non-hydrogen) atoms. The summed E-state index contributed by atoms with van der Waals surface area (Å²) in [4.78, 5) is 35.6. The van der Waals surface area contributed by atoms with Crippen molar-refractivity contribution in [2.45, 2.75) is 211 Å². The van der Waals surface area contributed by atoms with E-state index in [0.29, 0.717) is 12.8 Å². The third-order valence-corrected chi connectivity index (χ3v) is 11.1. The molecule has 13 nitrogen and oxygen atoms in total. The second-order valence-electron chi connectivity index (χ2n) is 15.5. The molecule has 0 amide bonds. The molecular formula is C45H79O13P. The number of rotatable bonds is 36. The Balaban J connectivity index is 2.52. The summed E-state index contributed by atoms with van der Waals surface area (Å²) in [5, 5.41) is 50.1. The minimum atomic E-state index is -5.13. The van der Waals surface area contributed by atoms with E-state index in [2.05, 4.69) is 62.5 Å². The van der Waals surface area contributed by atoms with Crippen LogP contribution >= 0.6 is 7.82 Å². The molecule has 1 rings (SSSR count). The maximum Gasteiger partial charge on any atom is 0.472 e. The van der Waals surface area contributed by atoms with Crippen molar-refractivity contribution in [3.05, 3.63) is 48.6 Å². The van der Waals surface area contributed by atoms with Gasteiger partial charge < -0.3 is 39.9 Å². The van der Waals surface area contributed by atoms with Crippen LogP contribution in [0.2, 0.25) is 0 Å². The number of aliphatic hydroxyl groups excluding tert-OH is 5. The fraction of sp³-hybridized carbons (Fsp3) is 0.778. The predicted molar refractivity (Wildman–Crippen MR) is 230 cm³/mol. The summed E-state index contributed by atoms with van der Waals surface area (Å²) in [5.41, 5.74) is 0. The van der Waals surface area contributed by atoms with E-state index in [0.717, 1.165) is 70.6 Å². The van der Waals surface area contributed by atoms with Gasteiger partial charge in [0.1, 0.15) is 43.2 Å². The van der Waals surface area contributed by atoms with Gasteiger partial charge >= 0.3 is 19.8 Å². The first-order valence-electron chi connectivity index (χ1n) is 22.4. The lowest BCUT2D eigenvalue weighted by Crippen LogP contribution is -2.64. The Morgan fingerprint density at radius 2 is 0.915 bits per heavy atom. The van der Waals surface area contributed by atoms with Gasteiger partial charge in [-0.15, -0.1) is 0 Å². The van der Waals surface area contributed by atoms with E-state index in [1.54, 1.807) is 0 Å². The van der Waals surface area contributed by atoms with Gasteiger partial charge in [0.25, 0.3) is 0 Å². The Kier molecular flexibility index (Phi) is 32.9. The van der Waals surface area contributed by atoms with Crippen LogP contribution in [-0.4, -0.2) is 98.3 Å². The summed E-state index contributed by atoms with van der Waals surface area (Å²) < 4.78 is 33.4. The number of carbonyl (C=O) groups excluding carboxylic acids is 2. The Labute approximate surface area is 354 Å². The zero-order chi connectivity index (χ0) is 43.6. The molecule has 1 saturated carbocycles. The summed E-state index contributed by atoms with van der Waals surface area (Å²) in [5.74, 6) is -1.16. The van der Waals surface area contributed by atoms with Crippen molar-refractivity contribution in [1.29, 1.82) is 0 Å². The number of ether oxygens (including phenoxy) is 2. The molecule has 0 spiro atoms. The van der Waals surface area contributed by atoms with Gasteiger partial charge in [0, 0.05) is 12.8 Å². The molecule has 0 aliphatic heterocycles. The maximum atomic E-state index is 12.8. The van der Waals surface area contributed by atoms with Crippen LogP contribution in [0.3, 0.4) is 0 Å². The van der Waals surface area contributed by atoms with Gasteiger partial charge in [-0.2, -0.15) is 0 Å². The number of aliphatic hydroxyl groups is 5. The SMILES string of the molecule is CCCCCC=CCC=CCC=CCCCCC(=O)OC(COC(=O)CCCCCCCC=CCCCCCCCC)COP(=O)(O)OC1C(O)C(O)C(O)C(O)C1O. The smallest absolute Gasteiger partial charge is 0.462 e. The lowest BCUT2D eigenvalue weighted by atomic mass is 9.85. The zero-order valence-corrected chi connectivity index (χ0v) is 36.9. The van der Waals surface area contributed by atoms with E-state index in [1.807, 2.05) is 0 Å². The third kappa shape index (κ3) is 28.1. The summed E-state index contributed by atoms with van der Waals surface area (Å²) in [6, 6.07) is 0. The van der Waals surface area contributed by atoms with Gasteiger partial charge in [-0.3, -0.25) is 18.6 Å². The van der Waals surface area contributed by atoms with Crippen LogP contribution < -0.4 is 0 Å². The highest BCUT2D eigenvalue weighted by Gasteiger charge is 2.51. The Morgan fingerprint density at radius 1 is 0.525 bits per heavy atom. The lowest BCUT2D eigenvalue weighted by molar-refractivity contribution is -0.220. The van der Waals surface area contributed by atoms with Crippen molar-refractivity contribution in [2.75, 3.05) is 13.2 Å². The predicted octanol–water partition coefficient (Wildman–Crippen LogP) is 8.39. The Bertz CT molecular complexity index is 1220. The molecule has 6 N–H and O–H groups in total. The largest absolute Gasteiger partial charge is 0.472 e. The van der Waals surface area contributed by atoms with E-state index in [-0.39, 0.29) is 12.8 Å². The van der Waals surface area contributed by atoms with Gasteiger partial charge in [-0.1, -0.05) is 127 Å². The molecule has 0 aromatic heterocycles. The maximum absolute atomic E-state index is 12.8. The van der Waals surface area contributed by atoms with Crippen molar-refractivity contribution in [2.24, 2.45) is 0 Å². The van der Waals surface area contributed by atoms with Crippen LogP contribution in [0.1, 0.15) is 168 Å². The highest BCUT2D eigenvalue weighted by atomic mass is 31.2. The van der Waals surface area contributed by atoms with Crippen molar-refractivity contribution < 1.29 is 63.1 Å². The van der Waals surface area contributed by atoms with Crippen LogP contribution in [0, 0.1) is 0 Å². The first kappa shape index (κ1) is 54.8. The number of hydrogen-bond donors (Lipinski definition) is 6. The van der Waals surface area contributed by atoms with Crippen LogP contribution in [0.5, 0.6) is 0 Å². The van der Waals surface area contributed by atoms with Gasteiger partial charge in [0.05, 0.1) is 6.61 Å². The van der Waals surface area contributed by atoms with Gasteiger partial charge in [0.2, 0.25) is 0 Å². The number of esters is 2. The summed E-state index contributed by atoms with van der Waals surface area (Å²) in [6.07, 6.45) is 27.4. The average molecular weight is 859 g/mol. The highest BCUT2D eigenvalue weighted by Crippen LogP contribution is 2.47. The van der Waals surface area contributed by atoms with Crippen LogP contribution in [0.4, 0.5) is 0 Å². The summed E-state index contributed by atoms with van der Waals surface area (Å²) >= 11 is 0. The molecule has 342 valence electrons. The number of allylic oxidation sites excluding steroid dienone is 8. The number of phosphoric ester groups is 1. The van der Waals surface area contributed by atoms with Gasteiger partial charge in [0.15, 0.2) is 6.10 Å². The molecule has 0 saturated heterocycles. The second-order valence-corrected chi connectivity index (χ2v) is 16.9. The van der Waals surface area contributed by atoms with Crippen LogP contribution in [-0.2, 0) is 32.7 Å². The first-order valence-corrected chi connectivity index (χ1v) is 23.9. The highest BCUT2D eigenvalue weighted by molar-refractivity contribution is 7.47. The fourth-order valence-electron chi connectivity index (χ4n) is 6.46. The van der Waals surface area contributed by atoms with E-state index >= 15 is 0 Å². The van der Waals surface area contributed by atoms with Gasteiger partial charge in [-0.05, 0) is 77.0 Å². The van der Waals surface area contributed by atoms with Crippen molar-refractivity contribution in [3.8, 4) is 0 Å². The van der Waals surface area contributed by atoms with Crippen molar-refractivity contribution in [3.63, 3.8) is 0 Å². The molecule has 14 heteroatoms. The molecule has 1 aliphatic carbocycles. The van der Waals surface area contributed by atoms with Crippen LogP contribution in [0.15, 0.2) is 48.6 Å². The average Bonchev–Trinajstić information content (AvgIpc) is 3.21. The molecule has 1 aliphatic rings. The number of unbranched alkanes of at least 4 members (excludes halogenated alkanes) is 16. The molecule has 0 radical (unpaired) electrons. The Hall–Kier alpha value is -2.19. The van der Waals surface area contributed by atoms with Gasteiger partial charge in [-0.25, -0.2) is 4.57 Å². The third-order valence-electron chi connectivity index (χ3n) is 10.1. The molecule has 0 aromatic rings. The molecule has 6 atom stereocenters. The summed E-state index contributed by atoms with van der Waals surface area (Å²) in [6.45, 7) is 3.21. The quantitative estimate of drug-likeness (QED) is 0.0152. The number of hydrogen-bond acceptors (Lipinski definition) is 12. The van der Waals surface area contributed by atoms with E-state index in [1.165, 1.54) is 57.8 Å². The fourth-order valence-corrected chi connectivity index (χ4v) is 7.44. The number of carbonyl (C=O) groups is 2. The molecule has 0 heterocycles. The topological polar surface area (TPSA) is 210 Å². The van der Waals surface area contributed by atoms with E-state index in [4.69, 9.17) is 18.5 Å². The molecular weight excluding hydrogens is 779 g/mol. The first-order chi connectivity index (χ1) is 28.4. The monoisotopic (exact) mass is 859 g/mol. The minimum absolute atomic E-state index is 0.0452. The second kappa shape index (κ2) is 35.4. The van der Waals surface area contributed by atoms with Crippen molar-refractivity contribution in [1.82, 2.24) is 0 Å². The minimum Gasteiger partial charge on any atom is -0.462 e. The zero-order valence-electron chi connectivity index (χ0n) is 36.0. The molecule has 0 aromatic carbocycles.